The minimum absolute atomic E-state index is 0.281. The van der Waals surface area contributed by atoms with Crippen molar-refractivity contribution in [2.45, 2.75) is 32.3 Å². The summed E-state index contributed by atoms with van der Waals surface area (Å²) in [6, 6.07) is 14.4. The average molecular weight is 287 g/mol. The molecule has 20 heavy (non-hydrogen) atoms. The van der Waals surface area contributed by atoms with Crippen LogP contribution in [0.15, 0.2) is 42.5 Å². The maximum absolute atomic E-state index is 10.6. The molecule has 0 aromatic heterocycles. The van der Waals surface area contributed by atoms with Gasteiger partial charge >= 0.3 is 0 Å². The van der Waals surface area contributed by atoms with E-state index in [0.717, 1.165) is 35.4 Å². The van der Waals surface area contributed by atoms with Gasteiger partial charge < -0.3 is 5.11 Å². The van der Waals surface area contributed by atoms with Gasteiger partial charge in [-0.3, -0.25) is 0 Å². The first-order valence-electron chi connectivity index (χ1n) is 7.16. The molecule has 0 amide bonds. The quantitative estimate of drug-likeness (QED) is 0.862. The maximum atomic E-state index is 10.6. The second kappa shape index (κ2) is 5.59. The molecule has 104 valence electrons. The van der Waals surface area contributed by atoms with Gasteiger partial charge in [0.15, 0.2) is 0 Å². The van der Waals surface area contributed by atoms with Crippen molar-refractivity contribution >= 4 is 11.6 Å². The van der Waals surface area contributed by atoms with Crippen LogP contribution in [0.4, 0.5) is 0 Å². The van der Waals surface area contributed by atoms with Gasteiger partial charge in [-0.25, -0.2) is 0 Å². The fraction of sp³-hybridized carbons (Fsp3) is 0.333. The number of rotatable bonds is 2. The van der Waals surface area contributed by atoms with E-state index < -0.39 is 6.10 Å². The number of halogens is 1. The van der Waals surface area contributed by atoms with Crippen molar-refractivity contribution in [3.63, 3.8) is 0 Å². The third-order valence-corrected chi connectivity index (χ3v) is 4.78. The highest BCUT2D eigenvalue weighted by atomic mass is 35.5. The van der Waals surface area contributed by atoms with Gasteiger partial charge in [-0.05, 0) is 60.4 Å². The van der Waals surface area contributed by atoms with E-state index in [1.54, 1.807) is 0 Å². The Bertz CT molecular complexity index is 621. The van der Waals surface area contributed by atoms with Crippen molar-refractivity contribution in [2.24, 2.45) is 5.92 Å². The van der Waals surface area contributed by atoms with Gasteiger partial charge in [0, 0.05) is 5.02 Å². The summed E-state index contributed by atoms with van der Waals surface area (Å²) in [5.41, 5.74) is 4.79. The lowest BCUT2D eigenvalue weighted by molar-refractivity contribution is 0.0995. The molecule has 2 aromatic carbocycles. The number of aliphatic hydroxyl groups is 1. The number of hydrogen-bond acceptors (Lipinski definition) is 1. The van der Waals surface area contributed by atoms with Crippen LogP contribution in [0.25, 0.3) is 0 Å². The first kappa shape index (κ1) is 13.7. The number of aliphatic hydroxyl groups excluding tert-OH is 1. The standard InChI is InChI=1S/C18H19ClO/c1-12-6-7-16(11-17(12)19)18(20)15-9-8-13-4-2-3-5-14(13)10-15/h2-7,11,15,18,20H,8-10H2,1H3. The van der Waals surface area contributed by atoms with Gasteiger partial charge in [0.2, 0.25) is 0 Å². The van der Waals surface area contributed by atoms with E-state index in [1.165, 1.54) is 11.1 Å². The number of aryl methyl sites for hydroxylation is 2. The van der Waals surface area contributed by atoms with Crippen LogP contribution in [-0.4, -0.2) is 5.11 Å². The molecular weight excluding hydrogens is 268 g/mol. The Morgan fingerprint density at radius 1 is 1.15 bits per heavy atom. The highest BCUT2D eigenvalue weighted by molar-refractivity contribution is 6.31. The largest absolute Gasteiger partial charge is 0.388 e. The zero-order valence-corrected chi connectivity index (χ0v) is 12.4. The molecule has 3 rings (SSSR count). The van der Waals surface area contributed by atoms with E-state index in [0.29, 0.717) is 0 Å². The molecule has 0 radical (unpaired) electrons. The van der Waals surface area contributed by atoms with Crippen LogP contribution in [0, 0.1) is 12.8 Å². The van der Waals surface area contributed by atoms with E-state index in [4.69, 9.17) is 11.6 Å². The second-order valence-electron chi connectivity index (χ2n) is 5.73. The van der Waals surface area contributed by atoms with Gasteiger partial charge in [-0.1, -0.05) is 48.0 Å². The minimum atomic E-state index is -0.429. The lowest BCUT2D eigenvalue weighted by atomic mass is 9.79. The van der Waals surface area contributed by atoms with E-state index in [2.05, 4.69) is 24.3 Å². The van der Waals surface area contributed by atoms with Gasteiger partial charge in [-0.2, -0.15) is 0 Å². The van der Waals surface area contributed by atoms with E-state index >= 15 is 0 Å². The topological polar surface area (TPSA) is 20.2 Å². The molecule has 0 spiro atoms. The Morgan fingerprint density at radius 2 is 1.90 bits per heavy atom. The van der Waals surface area contributed by atoms with Crippen LogP contribution in [-0.2, 0) is 12.8 Å². The van der Waals surface area contributed by atoms with E-state index in [1.807, 2.05) is 25.1 Å². The minimum Gasteiger partial charge on any atom is -0.388 e. The third-order valence-electron chi connectivity index (χ3n) is 4.37. The molecule has 0 saturated carbocycles. The molecule has 2 aromatic rings. The Hall–Kier alpha value is -1.31. The molecule has 0 saturated heterocycles. The van der Waals surface area contributed by atoms with Crippen molar-refractivity contribution in [2.75, 3.05) is 0 Å². The Morgan fingerprint density at radius 3 is 2.65 bits per heavy atom. The molecule has 2 heteroatoms. The van der Waals surface area contributed by atoms with Crippen LogP contribution in [0.3, 0.4) is 0 Å². The van der Waals surface area contributed by atoms with Crippen LogP contribution in [0.2, 0.25) is 5.02 Å². The summed E-state index contributed by atoms with van der Waals surface area (Å²) in [5.74, 6) is 0.281. The third kappa shape index (κ3) is 2.61. The van der Waals surface area contributed by atoms with Crippen molar-refractivity contribution in [3.05, 3.63) is 69.7 Å². The average Bonchev–Trinajstić information content (AvgIpc) is 2.49. The van der Waals surface area contributed by atoms with Gasteiger partial charge in [0.25, 0.3) is 0 Å². The van der Waals surface area contributed by atoms with Crippen LogP contribution < -0.4 is 0 Å². The Balaban J connectivity index is 1.82. The SMILES string of the molecule is Cc1ccc(C(O)C2CCc3ccccc3C2)cc1Cl. The predicted octanol–water partition coefficient (Wildman–Crippen LogP) is 4.49. The highest BCUT2D eigenvalue weighted by Gasteiger charge is 2.26. The van der Waals surface area contributed by atoms with Crippen LogP contribution in [0.5, 0.6) is 0 Å². The summed E-state index contributed by atoms with van der Waals surface area (Å²) in [7, 11) is 0. The summed E-state index contributed by atoms with van der Waals surface area (Å²) in [6.07, 6.45) is 2.60. The molecular formula is C18H19ClO. The molecule has 2 unspecified atom stereocenters. The smallest absolute Gasteiger partial charge is 0.0822 e. The molecule has 0 bridgehead atoms. The fourth-order valence-electron chi connectivity index (χ4n) is 3.06. The van der Waals surface area contributed by atoms with Crippen molar-refractivity contribution in [1.82, 2.24) is 0 Å². The highest BCUT2D eigenvalue weighted by Crippen LogP contribution is 2.35. The van der Waals surface area contributed by atoms with Crippen molar-refractivity contribution in [1.29, 1.82) is 0 Å². The zero-order chi connectivity index (χ0) is 14.1. The summed E-state index contributed by atoms with van der Waals surface area (Å²) >= 11 is 6.17. The molecule has 0 heterocycles. The summed E-state index contributed by atoms with van der Waals surface area (Å²) in [6.45, 7) is 1.98. The zero-order valence-electron chi connectivity index (χ0n) is 11.6. The number of hydrogen-bond donors (Lipinski definition) is 1. The summed E-state index contributed by atoms with van der Waals surface area (Å²) in [4.78, 5) is 0. The molecule has 1 aliphatic carbocycles. The first-order chi connectivity index (χ1) is 9.65. The van der Waals surface area contributed by atoms with Crippen LogP contribution >= 0.6 is 11.6 Å². The van der Waals surface area contributed by atoms with Crippen molar-refractivity contribution in [3.8, 4) is 0 Å². The normalized spacial score (nSPS) is 19.4. The predicted molar refractivity (Wildman–Crippen MR) is 83.1 cm³/mol. The summed E-state index contributed by atoms with van der Waals surface area (Å²) in [5, 5.41) is 11.4. The summed E-state index contributed by atoms with van der Waals surface area (Å²) < 4.78 is 0. The van der Waals surface area contributed by atoms with Crippen LogP contribution in [0.1, 0.15) is 34.8 Å². The maximum Gasteiger partial charge on any atom is 0.0822 e. The molecule has 2 atom stereocenters. The molecule has 0 aliphatic heterocycles. The first-order valence-corrected chi connectivity index (χ1v) is 7.54. The second-order valence-corrected chi connectivity index (χ2v) is 6.13. The Kier molecular flexibility index (Phi) is 3.82. The monoisotopic (exact) mass is 286 g/mol. The number of benzene rings is 2. The molecule has 1 aliphatic rings. The molecule has 1 N–H and O–H groups in total. The molecule has 0 fully saturated rings. The van der Waals surface area contributed by atoms with E-state index in [-0.39, 0.29) is 5.92 Å². The van der Waals surface area contributed by atoms with Crippen molar-refractivity contribution < 1.29 is 5.11 Å². The Labute approximate surface area is 125 Å². The molecule has 1 nitrogen and oxygen atoms in total. The van der Waals surface area contributed by atoms with E-state index in [9.17, 15) is 5.11 Å². The lowest BCUT2D eigenvalue weighted by Crippen LogP contribution is -2.21. The fourth-order valence-corrected chi connectivity index (χ4v) is 3.25. The van der Waals surface area contributed by atoms with Gasteiger partial charge in [0.1, 0.15) is 0 Å². The number of fused-ring (bicyclic) bond motifs is 1. The van der Waals surface area contributed by atoms with Gasteiger partial charge in [-0.15, -0.1) is 0 Å². The lowest BCUT2D eigenvalue weighted by Gasteiger charge is -2.29. The van der Waals surface area contributed by atoms with Gasteiger partial charge in [0.05, 0.1) is 6.10 Å².